The maximum atomic E-state index is 12.6. The smallest absolute Gasteiger partial charge is 0.250 e. The standard InChI is InChI=1S/C15H20ClN3O2/c1-2-6-15(7-3-8-18-15)14(21)19-10-4-5-12(16)11(9-10)13(17)20/h4-5,9,18H,2-3,6-8H2,1H3,(H2,17,20)(H,19,21). The van der Waals surface area contributed by atoms with Crippen molar-refractivity contribution in [2.75, 3.05) is 11.9 Å². The summed E-state index contributed by atoms with van der Waals surface area (Å²) >= 11 is 5.91. The van der Waals surface area contributed by atoms with Crippen molar-refractivity contribution in [3.05, 3.63) is 28.8 Å². The fraction of sp³-hybridized carbons (Fsp3) is 0.467. The lowest BCUT2D eigenvalue weighted by molar-refractivity contribution is -0.122. The minimum atomic E-state index is -0.613. The third kappa shape index (κ3) is 3.36. The number of amides is 2. The Morgan fingerprint density at radius 3 is 2.81 bits per heavy atom. The number of nitrogens with one attached hydrogen (secondary N) is 2. The van der Waals surface area contributed by atoms with Gasteiger partial charge >= 0.3 is 0 Å². The van der Waals surface area contributed by atoms with E-state index in [0.29, 0.717) is 5.69 Å². The lowest BCUT2D eigenvalue weighted by Gasteiger charge is -2.28. The molecule has 1 unspecified atom stereocenters. The molecule has 4 N–H and O–H groups in total. The zero-order valence-corrected chi connectivity index (χ0v) is 12.8. The average molecular weight is 310 g/mol. The molecule has 1 heterocycles. The molecule has 1 aromatic rings. The van der Waals surface area contributed by atoms with E-state index in [1.807, 2.05) is 0 Å². The first-order valence-electron chi connectivity index (χ1n) is 7.14. The summed E-state index contributed by atoms with van der Waals surface area (Å²) in [6, 6.07) is 4.74. The Morgan fingerprint density at radius 1 is 1.48 bits per heavy atom. The van der Waals surface area contributed by atoms with Crippen LogP contribution < -0.4 is 16.4 Å². The summed E-state index contributed by atoms with van der Waals surface area (Å²) in [6.45, 7) is 2.91. The summed E-state index contributed by atoms with van der Waals surface area (Å²) in [5, 5.41) is 6.45. The first-order valence-corrected chi connectivity index (χ1v) is 7.52. The number of halogens is 1. The van der Waals surface area contributed by atoms with Crippen LogP contribution in [-0.2, 0) is 4.79 Å². The topological polar surface area (TPSA) is 84.2 Å². The van der Waals surface area contributed by atoms with Crippen molar-refractivity contribution in [3.63, 3.8) is 0 Å². The van der Waals surface area contributed by atoms with Gasteiger partial charge in [0.25, 0.3) is 0 Å². The zero-order valence-electron chi connectivity index (χ0n) is 12.0. The molecule has 1 fully saturated rings. The van der Waals surface area contributed by atoms with Crippen LogP contribution in [0.4, 0.5) is 5.69 Å². The van der Waals surface area contributed by atoms with Gasteiger partial charge in [0.05, 0.1) is 16.1 Å². The van der Waals surface area contributed by atoms with Crippen LogP contribution in [0.3, 0.4) is 0 Å². The Bertz CT molecular complexity index is 554. The molecule has 0 radical (unpaired) electrons. The van der Waals surface area contributed by atoms with Crippen LogP contribution in [0, 0.1) is 0 Å². The first kappa shape index (κ1) is 15.8. The van der Waals surface area contributed by atoms with Crippen LogP contribution in [0.15, 0.2) is 18.2 Å². The summed E-state index contributed by atoms with van der Waals surface area (Å²) in [4.78, 5) is 23.9. The van der Waals surface area contributed by atoms with E-state index in [0.717, 1.165) is 32.2 Å². The van der Waals surface area contributed by atoms with Crippen LogP contribution >= 0.6 is 11.6 Å². The molecule has 5 nitrogen and oxygen atoms in total. The van der Waals surface area contributed by atoms with Crippen LogP contribution in [0.2, 0.25) is 5.02 Å². The van der Waals surface area contributed by atoms with Gasteiger partial charge in [0.2, 0.25) is 11.8 Å². The molecule has 114 valence electrons. The van der Waals surface area contributed by atoms with E-state index in [1.54, 1.807) is 12.1 Å². The van der Waals surface area contributed by atoms with Gasteiger partial charge in [0.1, 0.15) is 0 Å². The van der Waals surface area contributed by atoms with Gasteiger partial charge in [-0.3, -0.25) is 9.59 Å². The molecular formula is C15H20ClN3O2. The molecule has 21 heavy (non-hydrogen) atoms. The molecule has 0 aromatic heterocycles. The average Bonchev–Trinajstić information content (AvgIpc) is 2.91. The van der Waals surface area contributed by atoms with Crippen LogP contribution in [-0.4, -0.2) is 23.9 Å². The number of carbonyl (C=O) groups is 2. The Kier molecular flexibility index (Phi) is 4.85. The molecule has 1 atom stereocenters. The number of nitrogens with two attached hydrogens (primary N) is 1. The fourth-order valence-corrected chi connectivity index (χ4v) is 3.01. The van der Waals surface area contributed by atoms with E-state index < -0.39 is 11.4 Å². The summed E-state index contributed by atoms with van der Waals surface area (Å²) < 4.78 is 0. The van der Waals surface area contributed by atoms with Crippen molar-refractivity contribution < 1.29 is 9.59 Å². The number of hydrogen-bond acceptors (Lipinski definition) is 3. The molecule has 1 saturated heterocycles. The SMILES string of the molecule is CCCC1(C(=O)Nc2ccc(Cl)c(C(N)=O)c2)CCCN1. The highest BCUT2D eigenvalue weighted by atomic mass is 35.5. The van der Waals surface area contributed by atoms with E-state index in [4.69, 9.17) is 17.3 Å². The Labute approximate surface area is 129 Å². The number of anilines is 1. The maximum Gasteiger partial charge on any atom is 0.250 e. The minimum absolute atomic E-state index is 0.0698. The van der Waals surface area contributed by atoms with E-state index in [9.17, 15) is 9.59 Å². The van der Waals surface area contributed by atoms with Crippen molar-refractivity contribution in [3.8, 4) is 0 Å². The Hall–Kier alpha value is -1.59. The van der Waals surface area contributed by atoms with Gasteiger partial charge in [0, 0.05) is 5.69 Å². The van der Waals surface area contributed by atoms with Gasteiger partial charge in [-0.2, -0.15) is 0 Å². The number of rotatable bonds is 5. The zero-order chi connectivity index (χ0) is 15.5. The summed E-state index contributed by atoms with van der Waals surface area (Å²) in [5.41, 5.74) is 5.49. The van der Waals surface area contributed by atoms with Crippen LogP contribution in [0.1, 0.15) is 43.0 Å². The van der Waals surface area contributed by atoms with E-state index >= 15 is 0 Å². The highest BCUT2D eigenvalue weighted by Crippen LogP contribution is 2.27. The number of benzene rings is 1. The van der Waals surface area contributed by atoms with Crippen molar-refractivity contribution in [2.24, 2.45) is 5.73 Å². The molecule has 1 aliphatic rings. The third-order valence-electron chi connectivity index (χ3n) is 3.84. The summed E-state index contributed by atoms with van der Waals surface area (Å²) in [5.74, 6) is -0.682. The molecule has 0 bridgehead atoms. The molecule has 0 spiro atoms. The van der Waals surface area contributed by atoms with Crippen molar-refractivity contribution in [1.29, 1.82) is 0 Å². The van der Waals surface area contributed by atoms with Crippen LogP contribution in [0.25, 0.3) is 0 Å². The molecular weight excluding hydrogens is 290 g/mol. The monoisotopic (exact) mass is 309 g/mol. The second kappa shape index (κ2) is 6.45. The Morgan fingerprint density at radius 2 is 2.24 bits per heavy atom. The predicted octanol–water partition coefficient (Wildman–Crippen LogP) is 2.30. The molecule has 1 aromatic carbocycles. The highest BCUT2D eigenvalue weighted by Gasteiger charge is 2.39. The molecule has 6 heteroatoms. The van der Waals surface area contributed by atoms with Crippen molar-refractivity contribution >= 4 is 29.1 Å². The number of hydrogen-bond donors (Lipinski definition) is 3. The van der Waals surface area contributed by atoms with Gasteiger partial charge < -0.3 is 16.4 Å². The highest BCUT2D eigenvalue weighted by molar-refractivity contribution is 6.34. The van der Waals surface area contributed by atoms with Crippen molar-refractivity contribution in [2.45, 2.75) is 38.1 Å². The lowest BCUT2D eigenvalue weighted by atomic mass is 9.90. The normalized spacial score (nSPS) is 21.2. The van der Waals surface area contributed by atoms with Gasteiger partial charge in [-0.15, -0.1) is 0 Å². The van der Waals surface area contributed by atoms with Gasteiger partial charge in [0.15, 0.2) is 0 Å². The molecule has 0 aliphatic carbocycles. The van der Waals surface area contributed by atoms with Gasteiger partial charge in [-0.05, 0) is 44.0 Å². The predicted molar refractivity (Wildman–Crippen MR) is 83.5 cm³/mol. The van der Waals surface area contributed by atoms with E-state index in [1.165, 1.54) is 6.07 Å². The summed E-state index contributed by atoms with van der Waals surface area (Å²) in [7, 11) is 0. The Balaban J connectivity index is 2.19. The summed E-state index contributed by atoms with van der Waals surface area (Å²) in [6.07, 6.45) is 3.52. The number of carbonyl (C=O) groups excluding carboxylic acids is 2. The molecule has 1 aliphatic heterocycles. The fourth-order valence-electron chi connectivity index (χ4n) is 2.80. The largest absolute Gasteiger partial charge is 0.366 e. The van der Waals surface area contributed by atoms with E-state index in [-0.39, 0.29) is 16.5 Å². The molecule has 0 saturated carbocycles. The lowest BCUT2D eigenvalue weighted by Crippen LogP contribution is -2.50. The molecule has 2 amide bonds. The minimum Gasteiger partial charge on any atom is -0.366 e. The first-order chi connectivity index (χ1) is 9.98. The number of primary amides is 1. The van der Waals surface area contributed by atoms with Crippen LogP contribution in [0.5, 0.6) is 0 Å². The van der Waals surface area contributed by atoms with E-state index in [2.05, 4.69) is 17.6 Å². The third-order valence-corrected chi connectivity index (χ3v) is 4.17. The molecule has 2 rings (SSSR count). The second-order valence-corrected chi connectivity index (χ2v) is 5.78. The van der Waals surface area contributed by atoms with Crippen molar-refractivity contribution in [1.82, 2.24) is 5.32 Å². The quantitative estimate of drug-likeness (QED) is 0.780. The second-order valence-electron chi connectivity index (χ2n) is 5.38. The maximum absolute atomic E-state index is 12.6. The van der Waals surface area contributed by atoms with Gasteiger partial charge in [-0.1, -0.05) is 24.9 Å². The van der Waals surface area contributed by atoms with Gasteiger partial charge in [-0.25, -0.2) is 0 Å².